The Hall–Kier alpha value is -5.15. The predicted molar refractivity (Wildman–Crippen MR) is 186 cm³/mol. The van der Waals surface area contributed by atoms with Crippen LogP contribution in [0.4, 0.5) is 22.7 Å². The van der Waals surface area contributed by atoms with Gasteiger partial charge in [0.05, 0.1) is 22.7 Å². The van der Waals surface area contributed by atoms with Crippen LogP contribution in [0, 0.1) is 10.1 Å². The molecule has 1 aromatic heterocycles. The number of benzene rings is 3. The fraction of sp³-hybridized carbons (Fsp3) is 0.281. The largest absolute Gasteiger partial charge is 0.496 e. The molecule has 2 amide bonds. The average molecular weight is 693 g/mol. The minimum absolute atomic E-state index is 0.0188. The fourth-order valence-electron chi connectivity index (χ4n) is 5.97. The lowest BCUT2D eigenvalue weighted by molar-refractivity contribution is -0.383. The maximum atomic E-state index is 13.7. The van der Waals surface area contributed by atoms with Crippen LogP contribution in [0.3, 0.4) is 0 Å². The van der Waals surface area contributed by atoms with E-state index >= 15 is 0 Å². The Bertz CT molecular complexity index is 2010. The SMILES string of the molecule is C=S1(=O)CCCN1c1ccc(C(=O)Nc2cc(N3CCN(C(=O)c4c(-c5ccccc5OC)nnn4C)CC3)c(Cl)cc2[N+](=O)[O-])cc1. The van der Waals surface area contributed by atoms with Crippen molar-refractivity contribution in [3.63, 3.8) is 0 Å². The third-order valence-electron chi connectivity index (χ3n) is 8.45. The molecule has 0 radical (unpaired) electrons. The number of carbonyl (C=O) groups excluding carboxylic acids is 2. The van der Waals surface area contributed by atoms with Crippen LogP contribution in [0.5, 0.6) is 5.75 Å². The van der Waals surface area contributed by atoms with Crippen LogP contribution in [0.2, 0.25) is 5.02 Å². The van der Waals surface area contributed by atoms with E-state index in [-0.39, 0.29) is 27.9 Å². The van der Waals surface area contributed by atoms with E-state index in [2.05, 4.69) is 21.5 Å². The number of methoxy groups -OCH3 is 1. The van der Waals surface area contributed by atoms with Gasteiger partial charge in [-0.2, -0.15) is 0 Å². The van der Waals surface area contributed by atoms with Crippen LogP contribution in [-0.2, 0) is 16.8 Å². The van der Waals surface area contributed by atoms with Crippen molar-refractivity contribution < 1.29 is 23.5 Å². The first-order valence-corrected chi connectivity index (χ1v) is 17.3. The third-order valence-corrected chi connectivity index (χ3v) is 10.9. The summed E-state index contributed by atoms with van der Waals surface area (Å²) >= 11 is 6.55. The van der Waals surface area contributed by atoms with Crippen LogP contribution in [0.1, 0.15) is 27.3 Å². The lowest BCUT2D eigenvalue weighted by atomic mass is 10.1. The first-order valence-electron chi connectivity index (χ1n) is 15.1. The second kappa shape index (κ2) is 13.2. The molecule has 6 rings (SSSR count). The molecule has 1 atom stereocenters. The van der Waals surface area contributed by atoms with Crippen molar-refractivity contribution in [3.8, 4) is 17.0 Å². The number of rotatable bonds is 8. The summed E-state index contributed by atoms with van der Waals surface area (Å²) in [5.41, 5.74) is 2.44. The Morgan fingerprint density at radius 3 is 2.42 bits per heavy atom. The molecular weight excluding hydrogens is 660 g/mol. The topological polar surface area (TPSA) is 156 Å². The molecule has 2 saturated heterocycles. The van der Waals surface area contributed by atoms with E-state index < -0.39 is 20.5 Å². The Morgan fingerprint density at radius 2 is 1.77 bits per heavy atom. The van der Waals surface area contributed by atoms with Gasteiger partial charge in [0.15, 0.2) is 5.69 Å². The molecule has 1 unspecified atom stereocenters. The maximum absolute atomic E-state index is 13.7. The van der Waals surface area contributed by atoms with Gasteiger partial charge in [-0.3, -0.25) is 24.0 Å². The van der Waals surface area contributed by atoms with Crippen LogP contribution >= 0.6 is 11.6 Å². The zero-order chi connectivity index (χ0) is 34.2. The second-order valence-corrected chi connectivity index (χ2v) is 14.2. The summed E-state index contributed by atoms with van der Waals surface area (Å²) in [6, 6.07) is 16.5. The Labute approximate surface area is 282 Å². The normalized spacial score (nSPS) is 17.8. The zero-order valence-corrected chi connectivity index (χ0v) is 27.9. The average Bonchev–Trinajstić information content (AvgIpc) is 3.65. The predicted octanol–water partition coefficient (Wildman–Crippen LogP) is 4.11. The number of ether oxygens (including phenoxy) is 1. The quantitative estimate of drug-likeness (QED) is 0.163. The molecule has 0 spiro atoms. The van der Waals surface area contributed by atoms with Crippen LogP contribution < -0.4 is 19.3 Å². The number of nitrogens with zero attached hydrogens (tertiary/aromatic N) is 7. The zero-order valence-electron chi connectivity index (χ0n) is 26.3. The summed E-state index contributed by atoms with van der Waals surface area (Å²) in [7, 11) is 0.818. The number of halogens is 1. The van der Waals surface area contributed by atoms with Crippen molar-refractivity contribution in [2.24, 2.45) is 7.05 Å². The minimum atomic E-state index is -2.39. The van der Waals surface area contributed by atoms with Gasteiger partial charge in [0.2, 0.25) is 0 Å². The highest BCUT2D eigenvalue weighted by Gasteiger charge is 2.31. The number of carbonyl (C=O) groups is 2. The summed E-state index contributed by atoms with van der Waals surface area (Å²) in [5.74, 6) is 4.11. The van der Waals surface area contributed by atoms with Gasteiger partial charge in [0.25, 0.3) is 17.5 Å². The van der Waals surface area contributed by atoms with Crippen molar-refractivity contribution in [2.75, 3.05) is 60.1 Å². The van der Waals surface area contributed by atoms with Crippen molar-refractivity contribution in [3.05, 3.63) is 87.1 Å². The molecular formula is C32H33ClN8O6S. The minimum Gasteiger partial charge on any atom is -0.496 e. The monoisotopic (exact) mass is 692 g/mol. The van der Waals surface area contributed by atoms with Gasteiger partial charge in [0.1, 0.15) is 17.1 Å². The number of hydrogen-bond acceptors (Lipinski definition) is 9. The summed E-state index contributed by atoms with van der Waals surface area (Å²) in [6.45, 7) is 2.01. The fourth-order valence-corrected chi connectivity index (χ4v) is 8.01. The highest BCUT2D eigenvalue weighted by molar-refractivity contribution is 8.01. The van der Waals surface area contributed by atoms with Crippen LogP contribution in [0.25, 0.3) is 11.3 Å². The van der Waals surface area contributed by atoms with Crippen molar-refractivity contribution in [1.29, 1.82) is 0 Å². The Balaban J connectivity index is 1.18. The van der Waals surface area contributed by atoms with E-state index in [4.69, 9.17) is 16.3 Å². The highest BCUT2D eigenvalue weighted by atomic mass is 35.5. The van der Waals surface area contributed by atoms with Gasteiger partial charge in [-0.25, -0.2) is 8.89 Å². The smallest absolute Gasteiger partial charge is 0.294 e. The number of aromatic nitrogens is 3. The van der Waals surface area contributed by atoms with Crippen molar-refractivity contribution >= 4 is 61.7 Å². The third kappa shape index (κ3) is 6.25. The number of hydrogen-bond donors (Lipinski definition) is 1. The van der Waals surface area contributed by atoms with E-state index in [0.717, 1.165) is 6.42 Å². The summed E-state index contributed by atoms with van der Waals surface area (Å²) in [4.78, 5) is 41.9. The van der Waals surface area contributed by atoms with Crippen molar-refractivity contribution in [1.82, 2.24) is 19.9 Å². The summed E-state index contributed by atoms with van der Waals surface area (Å²) < 4.78 is 21.4. The number of amides is 2. The molecule has 14 nitrogen and oxygen atoms in total. The molecule has 1 N–H and O–H groups in total. The van der Waals surface area contributed by atoms with E-state index in [1.807, 2.05) is 23.1 Å². The van der Waals surface area contributed by atoms with E-state index in [0.29, 0.717) is 72.6 Å². The van der Waals surface area contributed by atoms with Gasteiger partial charge >= 0.3 is 0 Å². The van der Waals surface area contributed by atoms with Crippen molar-refractivity contribution in [2.45, 2.75) is 6.42 Å². The molecule has 2 fully saturated rings. The standard InChI is InChI=1S/C32H33ClN8O6S/c1-37-30(29(35-36-37)23-7-4-5-8-28(23)47-2)32(43)39-16-14-38(15-17-39)26-20-25(27(41(44)45)19-24(26)33)34-31(42)21-9-11-22(12-10-21)40-13-6-18-48(40,3)46/h4-5,7-12,19-20H,3,6,13-18H2,1-2H3,(H,34,42). The molecule has 4 aromatic rings. The highest BCUT2D eigenvalue weighted by Crippen LogP contribution is 2.38. The Morgan fingerprint density at radius 1 is 1.06 bits per heavy atom. The molecule has 3 aromatic carbocycles. The van der Waals surface area contributed by atoms with Gasteiger partial charge < -0.3 is 19.9 Å². The summed E-state index contributed by atoms with van der Waals surface area (Å²) in [6.07, 6.45) is 0.769. The lowest BCUT2D eigenvalue weighted by Gasteiger charge is -2.36. The van der Waals surface area contributed by atoms with Gasteiger partial charge in [-0.15, -0.1) is 5.10 Å². The molecule has 2 aliphatic rings. The number of aryl methyl sites for hydroxylation is 1. The number of anilines is 3. The van der Waals surface area contributed by atoms with Gasteiger partial charge in [-0.05, 0) is 54.8 Å². The van der Waals surface area contributed by atoms with Crippen LogP contribution in [0.15, 0.2) is 60.7 Å². The molecule has 0 saturated carbocycles. The molecule has 0 aliphatic carbocycles. The summed E-state index contributed by atoms with van der Waals surface area (Å²) in [5, 5.41) is 23.1. The van der Waals surface area contributed by atoms with E-state index in [1.54, 1.807) is 53.7 Å². The molecule has 0 bridgehead atoms. The molecule has 2 aliphatic heterocycles. The van der Waals surface area contributed by atoms with Gasteiger partial charge in [0, 0.05) is 78.1 Å². The number of nitro groups is 1. The first-order chi connectivity index (χ1) is 23.0. The van der Waals surface area contributed by atoms with E-state index in [9.17, 15) is 23.9 Å². The van der Waals surface area contributed by atoms with Gasteiger partial charge in [-0.1, -0.05) is 28.9 Å². The second-order valence-electron chi connectivity index (χ2n) is 11.4. The Kier molecular flexibility index (Phi) is 8.99. The number of para-hydroxylation sites is 1. The number of nitro benzene ring substituents is 1. The van der Waals surface area contributed by atoms with Crippen LogP contribution in [-0.4, -0.2) is 92.3 Å². The molecule has 16 heteroatoms. The lowest BCUT2D eigenvalue weighted by Crippen LogP contribution is -2.49. The molecule has 3 heterocycles. The first kappa shape index (κ1) is 32.8. The number of nitrogens with one attached hydrogen (secondary N) is 1. The molecule has 250 valence electrons. The number of piperazine rings is 1. The molecule has 48 heavy (non-hydrogen) atoms. The van der Waals surface area contributed by atoms with E-state index in [1.165, 1.54) is 16.8 Å². The maximum Gasteiger partial charge on any atom is 0.294 e.